The Morgan fingerprint density at radius 3 is 2.50 bits per heavy atom. The van der Waals surface area contributed by atoms with Crippen LogP contribution >= 0.6 is 11.8 Å². The molecule has 0 fully saturated rings. The standard InChI is InChI=1S/C23H27N5O3S/c1-14(2)17-8-10-20(11-9-17)31-13-21-26-27-23(28(21)24)32-16(4)22(30)25-19-7-5-6-18(12-19)15(3)29/h5-12,14,16H,13,24H2,1-4H3,(H,25,30). The molecule has 1 aromatic heterocycles. The molecular formula is C23H27N5O3S. The highest BCUT2D eigenvalue weighted by molar-refractivity contribution is 8.00. The molecular weight excluding hydrogens is 426 g/mol. The van der Waals surface area contributed by atoms with Crippen LogP contribution in [0.15, 0.2) is 53.7 Å². The van der Waals surface area contributed by atoms with Crippen molar-refractivity contribution in [2.45, 2.75) is 50.6 Å². The molecule has 0 spiro atoms. The SMILES string of the molecule is CC(=O)c1cccc(NC(=O)C(C)Sc2nnc(COc3ccc(C(C)C)cc3)n2N)c1. The van der Waals surface area contributed by atoms with Gasteiger partial charge in [0, 0.05) is 11.3 Å². The van der Waals surface area contributed by atoms with Crippen molar-refractivity contribution in [3.05, 3.63) is 65.5 Å². The number of ether oxygens (including phenoxy) is 1. The van der Waals surface area contributed by atoms with Gasteiger partial charge >= 0.3 is 0 Å². The van der Waals surface area contributed by atoms with Gasteiger partial charge in [-0.15, -0.1) is 10.2 Å². The molecule has 1 atom stereocenters. The van der Waals surface area contributed by atoms with E-state index in [2.05, 4.69) is 29.4 Å². The zero-order valence-electron chi connectivity index (χ0n) is 18.5. The average Bonchev–Trinajstić information content (AvgIpc) is 3.11. The molecule has 0 saturated carbocycles. The van der Waals surface area contributed by atoms with Crippen LogP contribution in [0.5, 0.6) is 5.75 Å². The number of nitrogens with zero attached hydrogens (tertiary/aromatic N) is 3. The number of aromatic nitrogens is 3. The van der Waals surface area contributed by atoms with E-state index >= 15 is 0 Å². The van der Waals surface area contributed by atoms with Gasteiger partial charge in [-0.1, -0.05) is 49.9 Å². The maximum absolute atomic E-state index is 12.6. The lowest BCUT2D eigenvalue weighted by molar-refractivity contribution is -0.115. The van der Waals surface area contributed by atoms with Gasteiger partial charge in [0.1, 0.15) is 12.4 Å². The third-order valence-electron chi connectivity index (χ3n) is 4.84. The zero-order chi connectivity index (χ0) is 23.3. The number of hydrogen-bond donors (Lipinski definition) is 2. The third-order valence-corrected chi connectivity index (χ3v) is 5.89. The zero-order valence-corrected chi connectivity index (χ0v) is 19.3. The second-order valence-corrected chi connectivity index (χ2v) is 8.98. The van der Waals surface area contributed by atoms with Crippen LogP contribution < -0.4 is 15.9 Å². The molecule has 3 N–H and O–H groups in total. The van der Waals surface area contributed by atoms with Gasteiger partial charge in [0.05, 0.1) is 5.25 Å². The number of nitrogen functional groups attached to an aromatic ring is 1. The number of ketones is 1. The van der Waals surface area contributed by atoms with Gasteiger partial charge in [-0.05, 0) is 49.6 Å². The predicted octanol–water partition coefficient (Wildman–Crippen LogP) is 4.02. The molecule has 0 saturated heterocycles. The summed E-state index contributed by atoms with van der Waals surface area (Å²) < 4.78 is 7.09. The second-order valence-electron chi connectivity index (χ2n) is 7.67. The number of hydrogen-bond acceptors (Lipinski definition) is 7. The Labute approximate surface area is 191 Å². The van der Waals surface area contributed by atoms with Crippen LogP contribution in [0.4, 0.5) is 5.69 Å². The summed E-state index contributed by atoms with van der Waals surface area (Å²) >= 11 is 1.19. The van der Waals surface area contributed by atoms with Crippen molar-refractivity contribution in [3.63, 3.8) is 0 Å². The second kappa shape index (κ2) is 10.3. The van der Waals surface area contributed by atoms with E-state index in [4.69, 9.17) is 10.6 Å². The van der Waals surface area contributed by atoms with Crippen molar-refractivity contribution in [1.82, 2.24) is 14.9 Å². The fourth-order valence-corrected chi connectivity index (χ4v) is 3.64. The molecule has 0 radical (unpaired) electrons. The molecule has 9 heteroatoms. The quantitative estimate of drug-likeness (QED) is 0.286. The Morgan fingerprint density at radius 2 is 1.84 bits per heavy atom. The van der Waals surface area contributed by atoms with Crippen LogP contribution in [-0.2, 0) is 11.4 Å². The van der Waals surface area contributed by atoms with Gasteiger partial charge in [-0.3, -0.25) is 9.59 Å². The highest BCUT2D eigenvalue weighted by Crippen LogP contribution is 2.23. The number of carbonyl (C=O) groups is 2. The normalized spacial score (nSPS) is 11.9. The lowest BCUT2D eigenvalue weighted by Gasteiger charge is -2.12. The Hall–Kier alpha value is -3.33. The summed E-state index contributed by atoms with van der Waals surface area (Å²) in [4.78, 5) is 24.1. The molecule has 3 rings (SSSR count). The molecule has 3 aromatic rings. The molecule has 1 unspecified atom stereocenters. The molecule has 0 aliphatic rings. The number of amides is 1. The number of anilines is 1. The highest BCUT2D eigenvalue weighted by atomic mass is 32.2. The summed E-state index contributed by atoms with van der Waals surface area (Å²) in [5.74, 6) is 7.42. The maximum atomic E-state index is 12.6. The number of thioether (sulfide) groups is 1. The Morgan fingerprint density at radius 1 is 1.12 bits per heavy atom. The van der Waals surface area contributed by atoms with E-state index < -0.39 is 5.25 Å². The number of Topliss-reactive ketones (excluding diaryl/α,β-unsaturated/α-hetero) is 1. The molecule has 8 nitrogen and oxygen atoms in total. The monoisotopic (exact) mass is 453 g/mol. The average molecular weight is 454 g/mol. The first-order valence-electron chi connectivity index (χ1n) is 10.2. The van der Waals surface area contributed by atoms with Crippen molar-refractivity contribution in [2.24, 2.45) is 0 Å². The van der Waals surface area contributed by atoms with Crippen LogP contribution in [0.1, 0.15) is 55.4 Å². The van der Waals surface area contributed by atoms with Crippen molar-refractivity contribution in [3.8, 4) is 5.75 Å². The van der Waals surface area contributed by atoms with Crippen LogP contribution in [0.25, 0.3) is 0 Å². The molecule has 0 aliphatic heterocycles. The predicted molar refractivity (Wildman–Crippen MR) is 125 cm³/mol. The number of rotatable bonds is 9. The first-order chi connectivity index (χ1) is 15.2. The summed E-state index contributed by atoms with van der Waals surface area (Å²) in [6, 6.07) is 14.7. The molecule has 2 aromatic carbocycles. The smallest absolute Gasteiger partial charge is 0.237 e. The van der Waals surface area contributed by atoms with E-state index in [9.17, 15) is 9.59 Å². The molecule has 168 valence electrons. The van der Waals surface area contributed by atoms with Gasteiger partial charge in [0.15, 0.2) is 11.6 Å². The van der Waals surface area contributed by atoms with Gasteiger partial charge in [-0.2, -0.15) is 0 Å². The van der Waals surface area contributed by atoms with Crippen molar-refractivity contribution in [2.75, 3.05) is 11.2 Å². The van der Waals surface area contributed by atoms with Gasteiger partial charge < -0.3 is 15.9 Å². The first kappa shape index (κ1) is 23.3. The van der Waals surface area contributed by atoms with Crippen LogP contribution in [-0.4, -0.2) is 31.8 Å². The Kier molecular flexibility index (Phi) is 7.53. The molecule has 0 aliphatic carbocycles. The molecule has 1 amide bonds. The summed E-state index contributed by atoms with van der Waals surface area (Å²) in [5.41, 5.74) is 2.33. The fourth-order valence-electron chi connectivity index (χ4n) is 2.85. The minimum Gasteiger partial charge on any atom is -0.486 e. The van der Waals surface area contributed by atoms with E-state index in [1.807, 2.05) is 24.3 Å². The van der Waals surface area contributed by atoms with E-state index in [1.165, 1.54) is 28.9 Å². The van der Waals surface area contributed by atoms with Crippen LogP contribution in [0.2, 0.25) is 0 Å². The topological polar surface area (TPSA) is 112 Å². The van der Waals surface area contributed by atoms with Crippen molar-refractivity contribution >= 4 is 29.1 Å². The molecule has 1 heterocycles. The number of nitrogens with two attached hydrogens (primary N) is 1. The van der Waals surface area contributed by atoms with Crippen LogP contribution in [0, 0.1) is 0 Å². The van der Waals surface area contributed by atoms with E-state index in [-0.39, 0.29) is 18.3 Å². The lowest BCUT2D eigenvalue weighted by atomic mass is 10.0. The minimum atomic E-state index is -0.486. The van der Waals surface area contributed by atoms with E-state index in [0.717, 1.165) is 0 Å². The summed E-state index contributed by atoms with van der Waals surface area (Å²) in [7, 11) is 0. The third kappa shape index (κ3) is 5.88. The maximum Gasteiger partial charge on any atom is 0.237 e. The largest absolute Gasteiger partial charge is 0.486 e. The molecule has 0 bridgehead atoms. The van der Waals surface area contributed by atoms with Crippen molar-refractivity contribution < 1.29 is 14.3 Å². The highest BCUT2D eigenvalue weighted by Gasteiger charge is 2.20. The van der Waals surface area contributed by atoms with Crippen molar-refractivity contribution in [1.29, 1.82) is 0 Å². The molecule has 32 heavy (non-hydrogen) atoms. The Balaban J connectivity index is 1.57. The van der Waals surface area contributed by atoms with E-state index in [0.29, 0.717) is 33.9 Å². The van der Waals surface area contributed by atoms with Crippen LogP contribution in [0.3, 0.4) is 0 Å². The van der Waals surface area contributed by atoms with Gasteiger partial charge in [-0.25, -0.2) is 4.68 Å². The first-order valence-corrected chi connectivity index (χ1v) is 11.1. The number of benzene rings is 2. The lowest BCUT2D eigenvalue weighted by Crippen LogP contribution is -2.24. The summed E-state index contributed by atoms with van der Waals surface area (Å²) in [6.07, 6.45) is 0. The Bertz CT molecular complexity index is 1100. The van der Waals surface area contributed by atoms with E-state index in [1.54, 1.807) is 31.2 Å². The van der Waals surface area contributed by atoms with Gasteiger partial charge in [0.2, 0.25) is 11.1 Å². The van der Waals surface area contributed by atoms with Gasteiger partial charge in [0.25, 0.3) is 0 Å². The summed E-state index contributed by atoms with van der Waals surface area (Å²) in [5, 5.41) is 10.9. The summed E-state index contributed by atoms with van der Waals surface area (Å²) in [6.45, 7) is 7.65. The number of nitrogens with one attached hydrogen (secondary N) is 1. The minimum absolute atomic E-state index is 0.0645. The fraction of sp³-hybridized carbons (Fsp3) is 0.304. The number of carbonyl (C=O) groups excluding carboxylic acids is 2.